The molecule has 0 aliphatic heterocycles. The van der Waals surface area contributed by atoms with Gasteiger partial charge < -0.3 is 10.6 Å². The Bertz CT molecular complexity index is 524. The van der Waals surface area contributed by atoms with E-state index in [1.807, 2.05) is 26.0 Å². The fourth-order valence-electron chi connectivity index (χ4n) is 1.64. The van der Waals surface area contributed by atoms with Gasteiger partial charge in [0, 0.05) is 12.2 Å². The molecule has 0 saturated carbocycles. The van der Waals surface area contributed by atoms with E-state index in [9.17, 15) is 0 Å². The van der Waals surface area contributed by atoms with Crippen LogP contribution in [0.2, 0.25) is 0 Å². The number of hydrogen-bond donors (Lipinski definition) is 1. The number of hydrogen-bond acceptors (Lipinski definition) is 5. The van der Waals surface area contributed by atoms with Crippen LogP contribution in [0, 0.1) is 0 Å². The summed E-state index contributed by atoms with van der Waals surface area (Å²) in [5.41, 5.74) is 1.20. The Labute approximate surface area is 117 Å². The summed E-state index contributed by atoms with van der Waals surface area (Å²) in [6, 6.07) is 8.06. The molecule has 5 nitrogen and oxygen atoms in total. The standard InChI is InChI=1S/C13H18N4OS/c1-3-12-15-16-13(17(12)14)19-9-10-5-7-11(8-6-10)18-4-2/h5-8H,3-4,9,14H2,1-2H3. The predicted octanol–water partition coefficient (Wildman–Crippen LogP) is 2.25. The molecule has 0 amide bonds. The minimum atomic E-state index is 0.685. The van der Waals surface area contributed by atoms with Crippen molar-refractivity contribution in [3.05, 3.63) is 35.7 Å². The normalized spacial score (nSPS) is 10.6. The van der Waals surface area contributed by atoms with Crippen molar-refractivity contribution in [3.8, 4) is 5.75 Å². The minimum absolute atomic E-state index is 0.685. The van der Waals surface area contributed by atoms with Gasteiger partial charge in [-0.15, -0.1) is 10.2 Å². The number of ether oxygens (including phenoxy) is 1. The van der Waals surface area contributed by atoms with Gasteiger partial charge in [0.1, 0.15) is 5.75 Å². The van der Waals surface area contributed by atoms with Gasteiger partial charge in [-0.1, -0.05) is 30.8 Å². The van der Waals surface area contributed by atoms with Crippen molar-refractivity contribution in [2.45, 2.75) is 31.2 Å². The molecule has 0 unspecified atom stereocenters. The van der Waals surface area contributed by atoms with Crippen molar-refractivity contribution < 1.29 is 4.74 Å². The molecule has 2 aromatic rings. The Kier molecular flexibility index (Phi) is 4.68. The maximum Gasteiger partial charge on any atom is 0.210 e. The zero-order valence-electron chi connectivity index (χ0n) is 11.2. The zero-order valence-corrected chi connectivity index (χ0v) is 12.0. The van der Waals surface area contributed by atoms with Crippen LogP contribution in [0.15, 0.2) is 29.4 Å². The highest BCUT2D eigenvalue weighted by Crippen LogP contribution is 2.22. The molecular formula is C13H18N4OS. The molecule has 1 aromatic heterocycles. The van der Waals surface area contributed by atoms with E-state index in [1.165, 1.54) is 5.56 Å². The van der Waals surface area contributed by atoms with E-state index in [2.05, 4.69) is 22.3 Å². The van der Waals surface area contributed by atoms with Crippen molar-refractivity contribution in [2.75, 3.05) is 12.4 Å². The van der Waals surface area contributed by atoms with E-state index < -0.39 is 0 Å². The van der Waals surface area contributed by atoms with E-state index in [-0.39, 0.29) is 0 Å². The van der Waals surface area contributed by atoms with Gasteiger partial charge in [-0.05, 0) is 24.6 Å². The van der Waals surface area contributed by atoms with Crippen LogP contribution in [0.25, 0.3) is 0 Å². The maximum absolute atomic E-state index is 5.89. The molecule has 6 heteroatoms. The number of thioether (sulfide) groups is 1. The predicted molar refractivity (Wildman–Crippen MR) is 76.7 cm³/mol. The number of rotatable bonds is 6. The summed E-state index contributed by atoms with van der Waals surface area (Å²) in [5, 5.41) is 8.85. The number of nitrogen functional groups attached to an aromatic ring is 1. The maximum atomic E-state index is 5.89. The van der Waals surface area contributed by atoms with Crippen LogP contribution < -0.4 is 10.6 Å². The summed E-state index contributed by atoms with van der Waals surface area (Å²) < 4.78 is 6.96. The topological polar surface area (TPSA) is 66.0 Å². The second-order valence-electron chi connectivity index (χ2n) is 3.99. The Balaban J connectivity index is 1.96. The summed E-state index contributed by atoms with van der Waals surface area (Å²) in [6.07, 6.45) is 0.785. The summed E-state index contributed by atoms with van der Waals surface area (Å²) in [5.74, 6) is 8.40. The molecule has 102 valence electrons. The SMILES string of the molecule is CCOc1ccc(CSc2nnc(CC)n2N)cc1. The highest BCUT2D eigenvalue weighted by molar-refractivity contribution is 7.98. The molecule has 2 rings (SSSR count). The van der Waals surface area contributed by atoms with E-state index in [0.717, 1.165) is 28.9 Å². The van der Waals surface area contributed by atoms with Gasteiger partial charge >= 0.3 is 0 Å². The number of benzene rings is 1. The molecule has 0 aliphatic rings. The summed E-state index contributed by atoms with van der Waals surface area (Å²) >= 11 is 1.58. The van der Waals surface area contributed by atoms with E-state index in [0.29, 0.717) is 6.61 Å². The van der Waals surface area contributed by atoms with Crippen molar-refractivity contribution in [1.82, 2.24) is 14.9 Å². The molecule has 19 heavy (non-hydrogen) atoms. The van der Waals surface area contributed by atoms with Crippen LogP contribution in [-0.4, -0.2) is 21.5 Å². The average Bonchev–Trinajstić information content (AvgIpc) is 2.79. The summed E-state index contributed by atoms with van der Waals surface area (Å²) in [4.78, 5) is 0. The lowest BCUT2D eigenvalue weighted by atomic mass is 10.2. The second kappa shape index (κ2) is 6.47. The Morgan fingerprint density at radius 1 is 1.21 bits per heavy atom. The van der Waals surface area contributed by atoms with Crippen LogP contribution in [0.1, 0.15) is 25.2 Å². The van der Waals surface area contributed by atoms with Crippen LogP contribution >= 0.6 is 11.8 Å². The molecule has 0 bridgehead atoms. The van der Waals surface area contributed by atoms with Crippen LogP contribution in [0.3, 0.4) is 0 Å². The average molecular weight is 278 g/mol. The third-order valence-corrected chi connectivity index (χ3v) is 3.67. The Morgan fingerprint density at radius 3 is 2.53 bits per heavy atom. The smallest absolute Gasteiger partial charge is 0.210 e. The molecule has 1 aromatic carbocycles. The monoisotopic (exact) mass is 278 g/mol. The van der Waals surface area contributed by atoms with Gasteiger partial charge in [0.2, 0.25) is 5.16 Å². The van der Waals surface area contributed by atoms with E-state index in [1.54, 1.807) is 16.4 Å². The third kappa shape index (κ3) is 3.41. The Morgan fingerprint density at radius 2 is 1.95 bits per heavy atom. The highest BCUT2D eigenvalue weighted by Gasteiger charge is 2.08. The first kappa shape index (κ1) is 13.7. The third-order valence-electron chi connectivity index (χ3n) is 2.65. The Hall–Kier alpha value is -1.69. The van der Waals surface area contributed by atoms with Gasteiger partial charge in [-0.2, -0.15) is 0 Å². The molecule has 0 fully saturated rings. The molecule has 0 saturated heterocycles. The lowest BCUT2D eigenvalue weighted by molar-refractivity contribution is 0.340. The fraction of sp³-hybridized carbons (Fsp3) is 0.385. The van der Waals surface area contributed by atoms with E-state index >= 15 is 0 Å². The molecule has 0 atom stereocenters. The molecule has 2 N–H and O–H groups in total. The van der Waals surface area contributed by atoms with Crippen molar-refractivity contribution in [2.24, 2.45) is 0 Å². The van der Waals surface area contributed by atoms with Crippen molar-refractivity contribution in [3.63, 3.8) is 0 Å². The highest BCUT2D eigenvalue weighted by atomic mass is 32.2. The van der Waals surface area contributed by atoms with Crippen LogP contribution in [-0.2, 0) is 12.2 Å². The minimum Gasteiger partial charge on any atom is -0.494 e. The first-order chi connectivity index (χ1) is 9.24. The molecule has 1 heterocycles. The number of nitrogens with two attached hydrogens (primary N) is 1. The fourth-order valence-corrected chi connectivity index (χ4v) is 2.47. The van der Waals surface area contributed by atoms with Crippen LogP contribution in [0.5, 0.6) is 5.75 Å². The second-order valence-corrected chi connectivity index (χ2v) is 4.93. The number of aryl methyl sites for hydroxylation is 1. The quantitative estimate of drug-likeness (QED) is 0.648. The first-order valence-electron chi connectivity index (χ1n) is 6.28. The molecule has 0 radical (unpaired) electrons. The molecular weight excluding hydrogens is 260 g/mol. The van der Waals surface area contributed by atoms with Crippen molar-refractivity contribution in [1.29, 1.82) is 0 Å². The molecule has 0 spiro atoms. The van der Waals surface area contributed by atoms with Gasteiger partial charge in [-0.3, -0.25) is 0 Å². The van der Waals surface area contributed by atoms with E-state index in [4.69, 9.17) is 10.6 Å². The zero-order chi connectivity index (χ0) is 13.7. The summed E-state index contributed by atoms with van der Waals surface area (Å²) in [7, 11) is 0. The lowest BCUT2D eigenvalue weighted by Gasteiger charge is -2.05. The van der Waals surface area contributed by atoms with Crippen molar-refractivity contribution >= 4 is 11.8 Å². The number of aromatic nitrogens is 3. The van der Waals surface area contributed by atoms with Gasteiger partial charge in [0.15, 0.2) is 5.82 Å². The van der Waals surface area contributed by atoms with Gasteiger partial charge in [0.05, 0.1) is 6.61 Å². The summed E-state index contributed by atoms with van der Waals surface area (Å²) in [6.45, 7) is 4.67. The van der Waals surface area contributed by atoms with Gasteiger partial charge in [-0.25, -0.2) is 4.68 Å². The molecule has 0 aliphatic carbocycles. The lowest BCUT2D eigenvalue weighted by Crippen LogP contribution is -2.13. The van der Waals surface area contributed by atoms with Crippen LogP contribution in [0.4, 0.5) is 0 Å². The van der Waals surface area contributed by atoms with Gasteiger partial charge in [0.25, 0.3) is 0 Å². The largest absolute Gasteiger partial charge is 0.494 e. The first-order valence-corrected chi connectivity index (χ1v) is 7.27. The number of nitrogens with zero attached hydrogens (tertiary/aromatic N) is 3.